The summed E-state index contributed by atoms with van der Waals surface area (Å²) in [5, 5.41) is 12.1. The lowest BCUT2D eigenvalue weighted by atomic mass is 10.1. The van der Waals surface area contributed by atoms with Crippen molar-refractivity contribution in [3.8, 4) is 17.3 Å². The molecule has 2 heterocycles. The number of halogens is 2. The van der Waals surface area contributed by atoms with Crippen molar-refractivity contribution in [3.63, 3.8) is 0 Å². The van der Waals surface area contributed by atoms with Gasteiger partial charge in [0.25, 0.3) is 0 Å². The van der Waals surface area contributed by atoms with E-state index in [1.807, 2.05) is 40.6 Å². The molecule has 1 fully saturated rings. The fraction of sp³-hybridized carbons (Fsp3) is 0.261. The van der Waals surface area contributed by atoms with Crippen LogP contribution in [0, 0.1) is 17.1 Å². The highest BCUT2D eigenvalue weighted by Gasteiger charge is 2.30. The summed E-state index contributed by atoms with van der Waals surface area (Å²) < 4.78 is 15.0. The predicted octanol–water partition coefficient (Wildman–Crippen LogP) is 3.29. The SMILES string of the molecule is N#C[C@@H](C(=O)C[NH+]1CCN(c2ccccc2F)CC1)c1nc(-c2ccc(Br)cc2)cs1. The Bertz CT molecular complexity index is 1100. The molecule has 2 aromatic carbocycles. The van der Waals surface area contributed by atoms with Crippen LogP contribution < -0.4 is 9.80 Å². The molecular formula is C23H21BrFN4OS+. The van der Waals surface area contributed by atoms with E-state index in [0.29, 0.717) is 23.8 Å². The highest BCUT2D eigenvalue weighted by molar-refractivity contribution is 9.10. The van der Waals surface area contributed by atoms with Crippen molar-refractivity contribution in [3.05, 3.63) is 69.2 Å². The van der Waals surface area contributed by atoms with E-state index in [0.717, 1.165) is 33.7 Å². The van der Waals surface area contributed by atoms with E-state index in [1.54, 1.807) is 12.1 Å². The van der Waals surface area contributed by atoms with Crippen molar-refractivity contribution in [2.45, 2.75) is 5.92 Å². The number of para-hydroxylation sites is 1. The minimum absolute atomic E-state index is 0.117. The molecule has 1 aliphatic rings. The van der Waals surface area contributed by atoms with Gasteiger partial charge in [0.2, 0.25) is 5.78 Å². The number of carbonyl (C=O) groups is 1. The van der Waals surface area contributed by atoms with Gasteiger partial charge in [-0.15, -0.1) is 11.3 Å². The highest BCUT2D eigenvalue weighted by Crippen LogP contribution is 2.27. The Morgan fingerprint density at radius 2 is 1.94 bits per heavy atom. The number of nitrogens with one attached hydrogen (secondary N) is 1. The van der Waals surface area contributed by atoms with Crippen molar-refractivity contribution in [2.75, 3.05) is 37.6 Å². The van der Waals surface area contributed by atoms with Crippen LogP contribution >= 0.6 is 27.3 Å². The second kappa shape index (κ2) is 9.69. The quantitative estimate of drug-likeness (QED) is 0.565. The Labute approximate surface area is 192 Å². The van der Waals surface area contributed by atoms with E-state index in [-0.39, 0.29) is 18.1 Å². The van der Waals surface area contributed by atoms with Gasteiger partial charge in [0, 0.05) is 15.4 Å². The molecule has 3 aromatic rings. The molecule has 0 aliphatic carbocycles. The summed E-state index contributed by atoms with van der Waals surface area (Å²) in [6, 6.07) is 16.7. The average molecular weight is 500 g/mol. The lowest BCUT2D eigenvalue weighted by molar-refractivity contribution is -0.892. The Morgan fingerprint density at radius 3 is 2.61 bits per heavy atom. The Balaban J connectivity index is 1.37. The van der Waals surface area contributed by atoms with Crippen LogP contribution in [-0.4, -0.2) is 43.5 Å². The number of anilines is 1. The number of ketones is 1. The Kier molecular flexibility index (Phi) is 6.76. The summed E-state index contributed by atoms with van der Waals surface area (Å²) in [6.07, 6.45) is 0. The topological polar surface area (TPSA) is 61.4 Å². The molecule has 31 heavy (non-hydrogen) atoms. The molecule has 5 nitrogen and oxygen atoms in total. The lowest BCUT2D eigenvalue weighted by Crippen LogP contribution is -3.15. The maximum atomic E-state index is 14.0. The summed E-state index contributed by atoms with van der Waals surface area (Å²) in [6.45, 7) is 3.06. The van der Waals surface area contributed by atoms with Gasteiger partial charge in [-0.1, -0.05) is 40.2 Å². The fourth-order valence-corrected chi connectivity index (χ4v) is 4.89. The number of hydrogen-bond donors (Lipinski definition) is 1. The molecule has 1 N–H and O–H groups in total. The van der Waals surface area contributed by atoms with Gasteiger partial charge in [0.05, 0.1) is 43.6 Å². The van der Waals surface area contributed by atoms with Crippen molar-refractivity contribution in [1.82, 2.24) is 4.98 Å². The summed E-state index contributed by atoms with van der Waals surface area (Å²) in [7, 11) is 0. The minimum atomic E-state index is -0.855. The zero-order valence-corrected chi connectivity index (χ0v) is 19.1. The first-order chi connectivity index (χ1) is 15.0. The standard InChI is InChI=1S/C23H20BrFN4OS/c24-17-7-5-16(6-8-17)20-15-31-23(27-20)18(13-26)22(30)14-28-9-11-29(12-10-28)21-4-2-1-3-19(21)25/h1-8,15,18H,9-12,14H2/p+1/t18-/m0/s1. The molecule has 1 atom stereocenters. The zero-order chi connectivity index (χ0) is 21.8. The molecule has 0 saturated carbocycles. The van der Waals surface area contributed by atoms with Crippen LogP contribution in [0.3, 0.4) is 0 Å². The molecule has 0 spiro atoms. The molecule has 4 rings (SSSR count). The lowest BCUT2D eigenvalue weighted by Gasteiger charge is -2.33. The molecule has 8 heteroatoms. The molecule has 0 radical (unpaired) electrons. The van der Waals surface area contributed by atoms with E-state index in [4.69, 9.17) is 0 Å². The van der Waals surface area contributed by atoms with Crippen molar-refractivity contribution in [2.24, 2.45) is 0 Å². The number of piperazine rings is 1. The Morgan fingerprint density at radius 1 is 1.23 bits per heavy atom. The van der Waals surface area contributed by atoms with Gasteiger partial charge in [0.15, 0.2) is 5.92 Å². The van der Waals surface area contributed by atoms with Gasteiger partial charge in [0.1, 0.15) is 17.4 Å². The maximum absolute atomic E-state index is 14.0. The number of benzene rings is 2. The normalized spacial score (nSPS) is 15.5. The van der Waals surface area contributed by atoms with Crippen molar-refractivity contribution in [1.29, 1.82) is 5.26 Å². The number of aromatic nitrogens is 1. The minimum Gasteiger partial charge on any atom is -0.358 e. The van der Waals surface area contributed by atoms with E-state index < -0.39 is 5.92 Å². The van der Waals surface area contributed by atoms with Crippen molar-refractivity contribution >= 4 is 38.7 Å². The van der Waals surface area contributed by atoms with E-state index in [2.05, 4.69) is 27.0 Å². The predicted molar refractivity (Wildman–Crippen MR) is 123 cm³/mol. The molecule has 0 bridgehead atoms. The van der Waals surface area contributed by atoms with Gasteiger partial charge in [-0.3, -0.25) is 4.79 Å². The molecular weight excluding hydrogens is 479 g/mol. The summed E-state index contributed by atoms with van der Waals surface area (Å²) in [4.78, 5) is 20.6. The van der Waals surface area contributed by atoms with Crippen LogP contribution in [0.2, 0.25) is 0 Å². The number of carbonyl (C=O) groups excluding carboxylic acids is 1. The number of thiazole rings is 1. The number of quaternary nitrogens is 1. The number of nitriles is 1. The second-order valence-corrected chi connectivity index (χ2v) is 9.28. The molecule has 1 saturated heterocycles. The van der Waals surface area contributed by atoms with E-state index in [9.17, 15) is 14.4 Å². The van der Waals surface area contributed by atoms with E-state index >= 15 is 0 Å². The fourth-order valence-electron chi connectivity index (χ4n) is 3.74. The van der Waals surface area contributed by atoms with Crippen LogP contribution in [0.5, 0.6) is 0 Å². The third kappa shape index (κ3) is 5.01. The molecule has 1 aliphatic heterocycles. The highest BCUT2D eigenvalue weighted by atomic mass is 79.9. The van der Waals surface area contributed by atoms with Crippen molar-refractivity contribution < 1.29 is 14.1 Å². The number of hydrogen-bond acceptors (Lipinski definition) is 5. The monoisotopic (exact) mass is 499 g/mol. The molecule has 0 amide bonds. The Hall–Kier alpha value is -2.60. The van der Waals surface area contributed by atoms with Crippen LogP contribution in [0.4, 0.5) is 10.1 Å². The number of Topliss-reactive ketones (excluding diaryl/α,β-unsaturated/α-hetero) is 1. The van der Waals surface area contributed by atoms with Gasteiger partial charge in [-0.05, 0) is 24.3 Å². The smallest absolute Gasteiger partial charge is 0.210 e. The summed E-state index contributed by atoms with van der Waals surface area (Å²) in [5.74, 6) is -1.20. The van der Waals surface area contributed by atoms with E-state index in [1.165, 1.54) is 17.4 Å². The average Bonchev–Trinajstić information content (AvgIpc) is 3.25. The first-order valence-electron chi connectivity index (χ1n) is 10.0. The first-order valence-corrected chi connectivity index (χ1v) is 11.7. The number of nitrogens with zero attached hydrogens (tertiary/aromatic N) is 3. The van der Waals surface area contributed by atoms with Gasteiger partial charge >= 0.3 is 0 Å². The van der Waals surface area contributed by atoms with Crippen LogP contribution in [0.15, 0.2) is 58.4 Å². The second-order valence-electron chi connectivity index (χ2n) is 7.47. The molecule has 0 unspecified atom stereocenters. The third-order valence-electron chi connectivity index (χ3n) is 5.45. The molecule has 158 valence electrons. The van der Waals surface area contributed by atoms with Crippen LogP contribution in [0.1, 0.15) is 10.9 Å². The summed E-state index contributed by atoms with van der Waals surface area (Å²) >= 11 is 4.76. The van der Waals surface area contributed by atoms with Crippen LogP contribution in [-0.2, 0) is 4.79 Å². The van der Waals surface area contributed by atoms with Crippen LogP contribution in [0.25, 0.3) is 11.3 Å². The molecule has 1 aromatic heterocycles. The summed E-state index contributed by atoms with van der Waals surface area (Å²) in [5.41, 5.74) is 2.32. The third-order valence-corrected chi connectivity index (χ3v) is 6.89. The maximum Gasteiger partial charge on any atom is 0.210 e. The first kappa shape index (κ1) is 21.6. The van der Waals surface area contributed by atoms with Gasteiger partial charge < -0.3 is 9.80 Å². The zero-order valence-electron chi connectivity index (χ0n) is 16.7. The van der Waals surface area contributed by atoms with Gasteiger partial charge in [-0.2, -0.15) is 5.26 Å². The largest absolute Gasteiger partial charge is 0.358 e. The van der Waals surface area contributed by atoms with Gasteiger partial charge in [-0.25, -0.2) is 9.37 Å². The number of rotatable bonds is 6.